The molecule has 0 amide bonds. The highest BCUT2D eigenvalue weighted by Crippen LogP contribution is 2.31. The predicted octanol–water partition coefficient (Wildman–Crippen LogP) is 1.69. The molecular weight excluding hydrogens is 402 g/mol. The molecule has 1 saturated heterocycles. The summed E-state index contributed by atoms with van der Waals surface area (Å²) in [5.74, 6) is 1.18. The van der Waals surface area contributed by atoms with Gasteiger partial charge < -0.3 is 14.5 Å². The van der Waals surface area contributed by atoms with Gasteiger partial charge in [0.1, 0.15) is 16.8 Å². The minimum Gasteiger partial charge on any atom is -0.376 e. The number of rotatable bonds is 2. The van der Waals surface area contributed by atoms with E-state index in [4.69, 9.17) is 9.72 Å². The summed E-state index contributed by atoms with van der Waals surface area (Å²) >= 11 is 0. The van der Waals surface area contributed by atoms with Crippen LogP contribution in [-0.4, -0.2) is 56.9 Å². The van der Waals surface area contributed by atoms with Crippen LogP contribution in [0.3, 0.4) is 0 Å². The Hall–Kier alpha value is -2.96. The molecule has 0 N–H and O–H groups in total. The second kappa shape index (κ2) is 7.07. The monoisotopic (exact) mass is 423 g/mol. The molecule has 0 aliphatic carbocycles. The Bertz CT molecular complexity index is 1200. The van der Waals surface area contributed by atoms with Crippen molar-refractivity contribution < 1.29 is 13.2 Å². The van der Waals surface area contributed by atoms with Gasteiger partial charge in [-0.3, -0.25) is 0 Å². The average molecular weight is 423 g/mol. The zero-order valence-corrected chi connectivity index (χ0v) is 17.4. The molecule has 0 spiro atoms. The van der Waals surface area contributed by atoms with E-state index in [2.05, 4.69) is 15.4 Å². The number of hydrogen-bond donors (Lipinski definition) is 0. The summed E-state index contributed by atoms with van der Waals surface area (Å²) < 4.78 is 34.3. The third-order valence-corrected chi connectivity index (χ3v) is 7.31. The molecule has 30 heavy (non-hydrogen) atoms. The molecule has 1 atom stereocenters. The number of benzene rings is 1. The molecule has 2 aromatic rings. The summed E-state index contributed by atoms with van der Waals surface area (Å²) in [5.41, 5.74) is 3.17. The largest absolute Gasteiger partial charge is 0.376 e. The van der Waals surface area contributed by atoms with Crippen LogP contribution < -0.4 is 4.90 Å². The number of pyridine rings is 1. The number of ether oxygens (including phenoxy) is 1. The normalized spacial score (nSPS) is 21.5. The van der Waals surface area contributed by atoms with Crippen LogP contribution >= 0.6 is 0 Å². The lowest BCUT2D eigenvalue weighted by Crippen LogP contribution is -2.39. The van der Waals surface area contributed by atoms with E-state index in [1.807, 2.05) is 24.1 Å². The number of nitriles is 1. The van der Waals surface area contributed by atoms with Crippen molar-refractivity contribution >= 4 is 21.7 Å². The molecule has 3 aliphatic heterocycles. The first-order valence-corrected chi connectivity index (χ1v) is 11.3. The van der Waals surface area contributed by atoms with Gasteiger partial charge in [-0.2, -0.15) is 13.7 Å². The van der Waals surface area contributed by atoms with Crippen molar-refractivity contribution in [3.8, 4) is 6.07 Å². The highest BCUT2D eigenvalue weighted by molar-refractivity contribution is 7.90. The molecule has 1 aromatic heterocycles. The van der Waals surface area contributed by atoms with Gasteiger partial charge in [0.25, 0.3) is 10.0 Å². The summed E-state index contributed by atoms with van der Waals surface area (Å²) in [6.07, 6.45) is 1.57. The Morgan fingerprint density at radius 2 is 2.17 bits per heavy atom. The van der Waals surface area contributed by atoms with E-state index < -0.39 is 10.0 Å². The lowest BCUT2D eigenvalue weighted by atomic mass is 10.1. The number of sulfonamides is 1. The van der Waals surface area contributed by atoms with Gasteiger partial charge in [-0.25, -0.2) is 4.98 Å². The lowest BCUT2D eigenvalue weighted by molar-refractivity contribution is 0.109. The highest BCUT2D eigenvalue weighted by Gasteiger charge is 2.36. The van der Waals surface area contributed by atoms with E-state index in [9.17, 15) is 13.7 Å². The Kier molecular flexibility index (Phi) is 4.49. The van der Waals surface area contributed by atoms with Crippen LogP contribution in [0, 0.1) is 11.3 Å². The Morgan fingerprint density at radius 3 is 3.00 bits per heavy atom. The number of fused-ring (bicyclic) bond motifs is 2. The number of anilines is 1. The summed E-state index contributed by atoms with van der Waals surface area (Å²) in [4.78, 5) is 9.11. The first-order chi connectivity index (χ1) is 14.5. The van der Waals surface area contributed by atoms with Gasteiger partial charge in [0, 0.05) is 43.7 Å². The second-order valence-corrected chi connectivity index (χ2v) is 9.34. The van der Waals surface area contributed by atoms with Gasteiger partial charge in [-0.15, -0.1) is 4.40 Å². The molecule has 8 nitrogen and oxygen atoms in total. The van der Waals surface area contributed by atoms with Crippen molar-refractivity contribution in [1.82, 2.24) is 9.88 Å². The van der Waals surface area contributed by atoms with Crippen LogP contribution in [0.25, 0.3) is 0 Å². The SMILES string of the molecule is CN(C1=NS(=O)(=O)c2ccccc21)C1CCN(c2nc3c(cc2C#N)COCC3)C1. The summed E-state index contributed by atoms with van der Waals surface area (Å²) in [7, 11) is -1.77. The van der Waals surface area contributed by atoms with Crippen molar-refractivity contribution in [2.45, 2.75) is 30.4 Å². The molecule has 3 aliphatic rings. The third kappa shape index (κ3) is 3.04. The van der Waals surface area contributed by atoms with Crippen molar-refractivity contribution in [1.29, 1.82) is 5.26 Å². The highest BCUT2D eigenvalue weighted by atomic mass is 32.2. The first-order valence-electron chi connectivity index (χ1n) is 9.91. The first kappa shape index (κ1) is 19.0. The Morgan fingerprint density at radius 1 is 1.33 bits per heavy atom. The van der Waals surface area contributed by atoms with Crippen molar-refractivity contribution in [3.05, 3.63) is 52.7 Å². The van der Waals surface area contributed by atoms with Crippen LogP contribution in [-0.2, 0) is 27.8 Å². The van der Waals surface area contributed by atoms with Gasteiger partial charge in [0.15, 0.2) is 5.84 Å². The van der Waals surface area contributed by atoms with Crippen molar-refractivity contribution in [2.75, 3.05) is 31.6 Å². The molecule has 1 fully saturated rings. The standard InChI is InChI=1S/C21H21N5O3S/c1-25(21-17-4-2-3-5-19(17)30(27,28)24-21)16-6-8-26(12-16)20-14(11-22)10-15-13-29-9-7-18(15)23-20/h2-5,10,16H,6-9,12-13H2,1H3. The van der Waals surface area contributed by atoms with E-state index in [-0.39, 0.29) is 10.9 Å². The molecule has 0 saturated carbocycles. The zero-order valence-electron chi connectivity index (χ0n) is 16.6. The number of aromatic nitrogens is 1. The van der Waals surface area contributed by atoms with Crippen molar-refractivity contribution in [2.24, 2.45) is 4.40 Å². The maximum atomic E-state index is 12.4. The maximum absolute atomic E-state index is 12.4. The average Bonchev–Trinajstić information content (AvgIpc) is 3.36. The summed E-state index contributed by atoms with van der Waals surface area (Å²) in [6, 6.07) is 11.1. The fraction of sp³-hybridized carbons (Fsp3) is 0.381. The summed E-state index contributed by atoms with van der Waals surface area (Å²) in [6.45, 7) is 2.53. The second-order valence-electron chi connectivity index (χ2n) is 7.77. The van der Waals surface area contributed by atoms with Gasteiger partial charge in [-0.1, -0.05) is 12.1 Å². The number of hydrogen-bond acceptors (Lipinski definition) is 7. The maximum Gasteiger partial charge on any atom is 0.285 e. The smallest absolute Gasteiger partial charge is 0.285 e. The van der Waals surface area contributed by atoms with Crippen LogP contribution in [0.5, 0.6) is 0 Å². The van der Waals surface area contributed by atoms with Gasteiger partial charge in [0.05, 0.1) is 24.5 Å². The van der Waals surface area contributed by atoms with E-state index in [0.717, 1.165) is 30.6 Å². The number of amidine groups is 1. The van der Waals surface area contributed by atoms with Crippen LogP contribution in [0.15, 0.2) is 39.6 Å². The van der Waals surface area contributed by atoms with Gasteiger partial charge in [0.2, 0.25) is 0 Å². The fourth-order valence-corrected chi connectivity index (χ4v) is 5.60. The topological polar surface area (TPSA) is 98.9 Å². The molecular formula is C21H21N5O3S. The van der Waals surface area contributed by atoms with Crippen LogP contribution in [0.1, 0.15) is 28.8 Å². The van der Waals surface area contributed by atoms with E-state index >= 15 is 0 Å². The van der Waals surface area contributed by atoms with E-state index in [1.54, 1.807) is 18.2 Å². The number of nitrogens with zero attached hydrogens (tertiary/aromatic N) is 5. The van der Waals surface area contributed by atoms with E-state index in [1.165, 1.54) is 0 Å². The molecule has 154 valence electrons. The number of likely N-dealkylation sites (N-methyl/N-ethyl adjacent to an activating group) is 1. The molecule has 4 heterocycles. The Labute approximate surface area is 175 Å². The lowest BCUT2D eigenvalue weighted by Gasteiger charge is -2.27. The predicted molar refractivity (Wildman–Crippen MR) is 111 cm³/mol. The molecule has 1 aromatic carbocycles. The van der Waals surface area contributed by atoms with Crippen LogP contribution in [0.4, 0.5) is 5.82 Å². The van der Waals surface area contributed by atoms with Crippen LogP contribution in [0.2, 0.25) is 0 Å². The van der Waals surface area contributed by atoms with E-state index in [0.29, 0.717) is 42.5 Å². The fourth-order valence-electron chi connectivity index (χ4n) is 4.36. The minimum atomic E-state index is -3.65. The molecule has 0 bridgehead atoms. The minimum absolute atomic E-state index is 0.0674. The van der Waals surface area contributed by atoms with Crippen molar-refractivity contribution in [3.63, 3.8) is 0 Å². The van der Waals surface area contributed by atoms with Gasteiger partial charge >= 0.3 is 0 Å². The quantitative estimate of drug-likeness (QED) is 0.725. The molecule has 5 rings (SSSR count). The Balaban J connectivity index is 1.42. The molecule has 0 radical (unpaired) electrons. The summed E-state index contributed by atoms with van der Waals surface area (Å²) in [5, 5.41) is 9.64. The third-order valence-electron chi connectivity index (χ3n) is 5.99. The van der Waals surface area contributed by atoms with Gasteiger partial charge in [-0.05, 0) is 24.6 Å². The molecule has 1 unspecified atom stereocenters. The zero-order chi connectivity index (χ0) is 20.9. The molecule has 9 heteroatoms.